The smallest absolute Gasteiger partial charge is 0.269 e. The molecule has 0 amide bonds. The van der Waals surface area contributed by atoms with Crippen LogP contribution in [-0.4, -0.2) is 18.6 Å². The van der Waals surface area contributed by atoms with E-state index in [4.69, 9.17) is 9.47 Å². The van der Waals surface area contributed by atoms with E-state index in [-0.39, 0.29) is 5.69 Å². The molecule has 88 valence electrons. The lowest BCUT2D eigenvalue weighted by Gasteiger charge is -2.15. The Morgan fingerprint density at radius 3 is 2.44 bits per heavy atom. The Labute approximate surface area is 94.1 Å². The van der Waals surface area contributed by atoms with Gasteiger partial charge in [0.15, 0.2) is 6.29 Å². The number of nitrogens with zero attached hydrogens (tertiary/aromatic N) is 1. The van der Waals surface area contributed by atoms with Gasteiger partial charge in [0.25, 0.3) is 5.69 Å². The van der Waals surface area contributed by atoms with Crippen LogP contribution in [0.1, 0.15) is 25.2 Å². The molecule has 0 aromatic heterocycles. The first-order valence-electron chi connectivity index (χ1n) is 5.07. The number of nitro benzene ring substituents is 1. The third kappa shape index (κ3) is 3.29. The fraction of sp³-hybridized carbons (Fsp3) is 0.455. The van der Waals surface area contributed by atoms with E-state index in [1.807, 2.05) is 6.92 Å². The van der Waals surface area contributed by atoms with Gasteiger partial charge in [-0.1, -0.05) is 6.92 Å². The summed E-state index contributed by atoms with van der Waals surface area (Å²) in [6.45, 7) is 2.60. The molecular formula is C11H15NO4. The Bertz CT molecular complexity index is 336. The molecule has 1 aromatic carbocycles. The molecule has 0 saturated heterocycles. The molecule has 1 unspecified atom stereocenters. The highest BCUT2D eigenvalue weighted by atomic mass is 16.7. The summed E-state index contributed by atoms with van der Waals surface area (Å²) >= 11 is 0. The van der Waals surface area contributed by atoms with Crippen LogP contribution in [0.4, 0.5) is 5.69 Å². The van der Waals surface area contributed by atoms with Crippen molar-refractivity contribution >= 4 is 5.69 Å². The van der Waals surface area contributed by atoms with Crippen LogP contribution in [0.15, 0.2) is 24.3 Å². The fourth-order valence-corrected chi connectivity index (χ4v) is 1.28. The molecule has 1 atom stereocenters. The van der Waals surface area contributed by atoms with Crippen molar-refractivity contribution in [2.75, 3.05) is 13.7 Å². The molecule has 0 bridgehead atoms. The van der Waals surface area contributed by atoms with Crippen molar-refractivity contribution in [3.8, 4) is 0 Å². The van der Waals surface area contributed by atoms with E-state index < -0.39 is 11.2 Å². The third-order valence-corrected chi connectivity index (χ3v) is 2.06. The predicted octanol–water partition coefficient (Wildman–Crippen LogP) is 2.67. The van der Waals surface area contributed by atoms with Crippen molar-refractivity contribution in [2.24, 2.45) is 0 Å². The summed E-state index contributed by atoms with van der Waals surface area (Å²) in [5.74, 6) is 0. The molecule has 5 heteroatoms. The first kappa shape index (κ1) is 12.6. The summed E-state index contributed by atoms with van der Waals surface area (Å²) in [4.78, 5) is 10.0. The van der Waals surface area contributed by atoms with E-state index in [9.17, 15) is 10.1 Å². The summed E-state index contributed by atoms with van der Waals surface area (Å²) < 4.78 is 10.6. The highest BCUT2D eigenvalue weighted by Crippen LogP contribution is 2.21. The molecule has 0 N–H and O–H groups in total. The van der Waals surface area contributed by atoms with Crippen LogP contribution in [0.25, 0.3) is 0 Å². The molecule has 1 rings (SSSR count). The zero-order valence-electron chi connectivity index (χ0n) is 9.38. The van der Waals surface area contributed by atoms with E-state index in [0.717, 1.165) is 12.0 Å². The molecule has 0 aliphatic carbocycles. The Kier molecular flexibility index (Phi) is 4.88. The molecular weight excluding hydrogens is 210 g/mol. The summed E-state index contributed by atoms with van der Waals surface area (Å²) in [5, 5.41) is 10.5. The van der Waals surface area contributed by atoms with Crippen LogP contribution in [0.3, 0.4) is 0 Å². The molecule has 16 heavy (non-hydrogen) atoms. The Morgan fingerprint density at radius 2 is 2.00 bits per heavy atom. The van der Waals surface area contributed by atoms with Gasteiger partial charge in [-0.05, 0) is 18.6 Å². The van der Waals surface area contributed by atoms with Gasteiger partial charge in [0.2, 0.25) is 0 Å². The third-order valence-electron chi connectivity index (χ3n) is 2.06. The highest BCUT2D eigenvalue weighted by Gasteiger charge is 2.12. The van der Waals surface area contributed by atoms with Gasteiger partial charge in [0.1, 0.15) is 0 Å². The van der Waals surface area contributed by atoms with Gasteiger partial charge in [0.05, 0.1) is 4.92 Å². The number of hydrogen-bond acceptors (Lipinski definition) is 4. The fourth-order valence-electron chi connectivity index (χ4n) is 1.28. The minimum absolute atomic E-state index is 0.0640. The maximum Gasteiger partial charge on any atom is 0.269 e. The number of nitro groups is 1. The van der Waals surface area contributed by atoms with Gasteiger partial charge in [0, 0.05) is 31.4 Å². The SMILES string of the molecule is CCCOC(OC)c1ccc([N+](=O)[O-])cc1. The van der Waals surface area contributed by atoms with Crippen LogP contribution >= 0.6 is 0 Å². The van der Waals surface area contributed by atoms with Crippen LogP contribution < -0.4 is 0 Å². The minimum atomic E-state index is -0.458. The van der Waals surface area contributed by atoms with Crippen molar-refractivity contribution < 1.29 is 14.4 Å². The van der Waals surface area contributed by atoms with E-state index in [0.29, 0.717) is 6.61 Å². The second-order valence-corrected chi connectivity index (χ2v) is 3.29. The van der Waals surface area contributed by atoms with Crippen molar-refractivity contribution in [3.63, 3.8) is 0 Å². The number of rotatable bonds is 6. The van der Waals surface area contributed by atoms with Crippen LogP contribution in [0, 0.1) is 10.1 Å². The van der Waals surface area contributed by atoms with Crippen LogP contribution in [0.2, 0.25) is 0 Å². The van der Waals surface area contributed by atoms with Gasteiger partial charge < -0.3 is 9.47 Å². The van der Waals surface area contributed by atoms with Crippen LogP contribution in [0.5, 0.6) is 0 Å². The van der Waals surface area contributed by atoms with E-state index in [2.05, 4.69) is 0 Å². The molecule has 0 saturated carbocycles. The first-order chi connectivity index (χ1) is 7.69. The Morgan fingerprint density at radius 1 is 1.38 bits per heavy atom. The van der Waals surface area contributed by atoms with Crippen molar-refractivity contribution in [3.05, 3.63) is 39.9 Å². The summed E-state index contributed by atoms with van der Waals surface area (Å²) in [6, 6.07) is 6.16. The maximum atomic E-state index is 10.5. The molecule has 1 aromatic rings. The molecule has 5 nitrogen and oxygen atoms in total. The van der Waals surface area contributed by atoms with Crippen LogP contribution in [-0.2, 0) is 9.47 Å². The summed E-state index contributed by atoms with van der Waals surface area (Å²) in [5.41, 5.74) is 0.843. The van der Waals surface area contributed by atoms with Gasteiger partial charge in [-0.25, -0.2) is 0 Å². The topological polar surface area (TPSA) is 61.6 Å². The van der Waals surface area contributed by atoms with E-state index >= 15 is 0 Å². The second-order valence-electron chi connectivity index (χ2n) is 3.29. The number of ether oxygens (including phenoxy) is 2. The number of non-ortho nitro benzene ring substituents is 1. The van der Waals surface area contributed by atoms with Gasteiger partial charge in [-0.15, -0.1) is 0 Å². The molecule has 0 radical (unpaired) electrons. The van der Waals surface area contributed by atoms with Gasteiger partial charge in [-0.3, -0.25) is 10.1 Å². The normalized spacial score (nSPS) is 12.4. The van der Waals surface area contributed by atoms with Crippen molar-refractivity contribution in [1.82, 2.24) is 0 Å². The number of hydrogen-bond donors (Lipinski definition) is 0. The lowest BCUT2D eigenvalue weighted by Crippen LogP contribution is -2.07. The number of methoxy groups -OCH3 is 1. The average molecular weight is 225 g/mol. The zero-order valence-corrected chi connectivity index (χ0v) is 9.38. The molecule has 0 fully saturated rings. The largest absolute Gasteiger partial charge is 0.352 e. The first-order valence-corrected chi connectivity index (χ1v) is 5.07. The van der Waals surface area contributed by atoms with Crippen molar-refractivity contribution in [1.29, 1.82) is 0 Å². The molecule has 0 aliphatic rings. The van der Waals surface area contributed by atoms with E-state index in [1.54, 1.807) is 19.2 Å². The standard InChI is InChI=1S/C11H15NO4/c1-3-8-16-11(15-2)9-4-6-10(7-5-9)12(13)14/h4-7,11H,3,8H2,1-2H3. The monoisotopic (exact) mass is 225 g/mol. The summed E-state index contributed by atoms with van der Waals surface area (Å²) in [7, 11) is 1.54. The van der Waals surface area contributed by atoms with Gasteiger partial charge >= 0.3 is 0 Å². The van der Waals surface area contributed by atoms with Gasteiger partial charge in [-0.2, -0.15) is 0 Å². The Hall–Kier alpha value is -1.46. The lowest BCUT2D eigenvalue weighted by molar-refractivity contribution is -0.384. The zero-order chi connectivity index (χ0) is 12.0. The predicted molar refractivity (Wildman–Crippen MR) is 59.1 cm³/mol. The van der Waals surface area contributed by atoms with E-state index in [1.165, 1.54) is 12.1 Å². The molecule has 0 aliphatic heterocycles. The second kappa shape index (κ2) is 6.19. The Balaban J connectivity index is 2.74. The highest BCUT2D eigenvalue weighted by molar-refractivity contribution is 5.33. The number of benzene rings is 1. The lowest BCUT2D eigenvalue weighted by atomic mass is 10.2. The average Bonchev–Trinajstić information content (AvgIpc) is 2.30. The molecule has 0 heterocycles. The minimum Gasteiger partial charge on any atom is -0.352 e. The molecule has 0 spiro atoms. The summed E-state index contributed by atoms with van der Waals surface area (Å²) in [6.07, 6.45) is 0.438. The van der Waals surface area contributed by atoms with Crippen molar-refractivity contribution in [2.45, 2.75) is 19.6 Å². The maximum absolute atomic E-state index is 10.5. The quantitative estimate of drug-likeness (QED) is 0.424.